The summed E-state index contributed by atoms with van der Waals surface area (Å²) in [5, 5.41) is 13.6. The molecule has 0 unspecified atom stereocenters. The second-order valence-electron chi connectivity index (χ2n) is 6.83. The number of carbonyl (C=O) groups is 2. The van der Waals surface area contributed by atoms with Gasteiger partial charge in [0.15, 0.2) is 16.7 Å². The van der Waals surface area contributed by atoms with E-state index in [2.05, 4.69) is 20.8 Å². The minimum atomic E-state index is -0.575. The van der Waals surface area contributed by atoms with Crippen molar-refractivity contribution in [2.45, 2.75) is 25.5 Å². The van der Waals surface area contributed by atoms with Gasteiger partial charge in [-0.25, -0.2) is 0 Å². The van der Waals surface area contributed by atoms with Gasteiger partial charge in [0.1, 0.15) is 5.25 Å². The van der Waals surface area contributed by atoms with Gasteiger partial charge >= 0.3 is 0 Å². The van der Waals surface area contributed by atoms with E-state index in [1.165, 1.54) is 13.3 Å². The van der Waals surface area contributed by atoms with Gasteiger partial charge in [-0.2, -0.15) is 5.10 Å². The molecule has 0 bridgehead atoms. The number of amidine groups is 1. The smallest absolute Gasteiger partial charge is 0.240 e. The minimum absolute atomic E-state index is 0.0267. The number of halogens is 1. The Morgan fingerprint density at radius 3 is 2.75 bits per heavy atom. The number of nitrogens with zero attached hydrogens (tertiary/aromatic N) is 2. The summed E-state index contributed by atoms with van der Waals surface area (Å²) in [5.74, 6) is 0.416. The van der Waals surface area contributed by atoms with Gasteiger partial charge in [0.25, 0.3) is 0 Å². The van der Waals surface area contributed by atoms with Crippen LogP contribution in [0.15, 0.2) is 46.6 Å². The van der Waals surface area contributed by atoms with E-state index in [-0.39, 0.29) is 18.2 Å². The van der Waals surface area contributed by atoms with Crippen LogP contribution in [-0.2, 0) is 9.59 Å². The van der Waals surface area contributed by atoms with Crippen molar-refractivity contribution in [1.29, 1.82) is 0 Å². The number of hydrogen-bond acceptors (Lipinski definition) is 7. The molecular formula is C22H23ClN4O4S. The molecule has 2 aromatic rings. The lowest BCUT2D eigenvalue weighted by Crippen LogP contribution is -2.28. The molecule has 168 valence electrons. The van der Waals surface area contributed by atoms with Crippen molar-refractivity contribution >= 4 is 52.2 Å². The van der Waals surface area contributed by atoms with Gasteiger partial charge in [0.2, 0.25) is 11.8 Å². The highest BCUT2D eigenvalue weighted by Gasteiger charge is 2.32. The van der Waals surface area contributed by atoms with E-state index < -0.39 is 5.25 Å². The molecule has 0 radical (unpaired) electrons. The maximum atomic E-state index is 12.3. The van der Waals surface area contributed by atoms with E-state index in [0.29, 0.717) is 39.5 Å². The van der Waals surface area contributed by atoms with E-state index in [0.717, 1.165) is 17.3 Å². The van der Waals surface area contributed by atoms with Gasteiger partial charge in [0, 0.05) is 17.7 Å². The summed E-state index contributed by atoms with van der Waals surface area (Å²) in [4.78, 5) is 24.5. The molecule has 8 nitrogen and oxygen atoms in total. The number of amides is 2. The van der Waals surface area contributed by atoms with E-state index in [9.17, 15) is 9.59 Å². The Morgan fingerprint density at radius 2 is 2.06 bits per heavy atom. The number of ether oxygens (including phenoxy) is 2. The molecule has 3 rings (SSSR count). The molecule has 1 aliphatic heterocycles. The maximum absolute atomic E-state index is 12.3. The van der Waals surface area contributed by atoms with Crippen LogP contribution in [0.2, 0.25) is 5.02 Å². The standard InChI is InChI=1S/C22H23ClN4O4S/c1-4-31-17-10-14(9-16(23)20(17)30-3)12-24-27-22-26-21(29)18(32-22)11-19(28)25-15-7-5-13(2)6-8-15/h5-10,12,18H,4,11H2,1-3H3,(H,25,28)(H,26,27,29)/b24-12-/t18-/m1/s1. The third kappa shape index (κ3) is 6.24. The van der Waals surface area contributed by atoms with Crippen LogP contribution in [0.4, 0.5) is 5.69 Å². The molecule has 1 atom stereocenters. The number of benzene rings is 2. The summed E-state index contributed by atoms with van der Waals surface area (Å²) in [5.41, 5.74) is 2.44. The van der Waals surface area contributed by atoms with Gasteiger partial charge in [0.05, 0.1) is 25.0 Å². The Bertz CT molecular complexity index is 1060. The summed E-state index contributed by atoms with van der Waals surface area (Å²) in [6, 6.07) is 10.9. The van der Waals surface area contributed by atoms with Crippen LogP contribution in [0, 0.1) is 6.92 Å². The highest BCUT2D eigenvalue weighted by atomic mass is 35.5. The fraction of sp³-hybridized carbons (Fsp3) is 0.273. The second kappa shape index (κ2) is 11.0. The number of nitrogens with one attached hydrogen (secondary N) is 2. The Hall–Kier alpha value is -3.04. The van der Waals surface area contributed by atoms with Crippen molar-refractivity contribution in [2.75, 3.05) is 19.0 Å². The van der Waals surface area contributed by atoms with Crippen molar-refractivity contribution in [3.63, 3.8) is 0 Å². The molecule has 1 heterocycles. The van der Waals surface area contributed by atoms with E-state index >= 15 is 0 Å². The molecule has 0 spiro atoms. The maximum Gasteiger partial charge on any atom is 0.240 e. The molecule has 10 heteroatoms. The lowest BCUT2D eigenvalue weighted by molar-refractivity contribution is -0.122. The fourth-order valence-electron chi connectivity index (χ4n) is 2.88. The van der Waals surface area contributed by atoms with E-state index in [1.54, 1.807) is 12.1 Å². The zero-order chi connectivity index (χ0) is 23.1. The van der Waals surface area contributed by atoms with Gasteiger partial charge in [-0.3, -0.25) is 9.59 Å². The third-order valence-electron chi connectivity index (χ3n) is 4.37. The molecule has 1 aliphatic rings. The zero-order valence-electron chi connectivity index (χ0n) is 17.8. The molecule has 2 aromatic carbocycles. The van der Waals surface area contributed by atoms with Gasteiger partial charge in [-0.1, -0.05) is 41.1 Å². The average Bonchev–Trinajstić information content (AvgIpc) is 3.09. The van der Waals surface area contributed by atoms with Crippen LogP contribution in [0.1, 0.15) is 24.5 Å². The first-order valence-corrected chi connectivity index (χ1v) is 11.1. The van der Waals surface area contributed by atoms with Crippen LogP contribution in [0.25, 0.3) is 0 Å². The largest absolute Gasteiger partial charge is 0.491 e. The Labute approximate surface area is 195 Å². The highest BCUT2D eigenvalue weighted by Crippen LogP contribution is 2.36. The van der Waals surface area contributed by atoms with Crippen molar-refractivity contribution in [2.24, 2.45) is 10.2 Å². The van der Waals surface area contributed by atoms with E-state index in [1.807, 2.05) is 38.1 Å². The summed E-state index contributed by atoms with van der Waals surface area (Å²) in [6.07, 6.45) is 1.52. The molecule has 0 aromatic heterocycles. The van der Waals surface area contributed by atoms with Crippen LogP contribution >= 0.6 is 23.4 Å². The summed E-state index contributed by atoms with van der Waals surface area (Å²) < 4.78 is 10.8. The normalized spacial score (nSPS) is 16.9. The number of hydrogen-bond donors (Lipinski definition) is 2. The summed E-state index contributed by atoms with van der Waals surface area (Å²) >= 11 is 7.39. The van der Waals surface area contributed by atoms with Gasteiger partial charge in [-0.05, 0) is 38.1 Å². The minimum Gasteiger partial charge on any atom is -0.491 e. The summed E-state index contributed by atoms with van der Waals surface area (Å²) in [6.45, 7) is 4.28. The third-order valence-corrected chi connectivity index (χ3v) is 5.73. The lowest BCUT2D eigenvalue weighted by Gasteiger charge is -2.11. The number of methoxy groups -OCH3 is 1. The number of thioether (sulfide) groups is 1. The van der Waals surface area contributed by atoms with Gasteiger partial charge < -0.3 is 20.1 Å². The van der Waals surface area contributed by atoms with Crippen molar-refractivity contribution in [1.82, 2.24) is 5.32 Å². The van der Waals surface area contributed by atoms with E-state index in [4.69, 9.17) is 21.1 Å². The van der Waals surface area contributed by atoms with Crippen LogP contribution in [-0.4, -0.2) is 42.2 Å². The first-order chi connectivity index (χ1) is 15.4. The molecule has 2 N–H and O–H groups in total. The molecule has 2 amide bonds. The summed E-state index contributed by atoms with van der Waals surface area (Å²) in [7, 11) is 1.51. The molecule has 0 aliphatic carbocycles. The second-order valence-corrected chi connectivity index (χ2v) is 8.43. The van der Waals surface area contributed by atoms with Crippen molar-refractivity contribution in [3.05, 3.63) is 52.5 Å². The van der Waals surface area contributed by atoms with Crippen molar-refractivity contribution < 1.29 is 19.1 Å². The molecule has 1 fully saturated rings. The van der Waals surface area contributed by atoms with Crippen LogP contribution in [0.5, 0.6) is 11.5 Å². The Balaban J connectivity index is 1.60. The number of rotatable bonds is 8. The Kier molecular flexibility index (Phi) is 8.13. The zero-order valence-corrected chi connectivity index (χ0v) is 19.4. The van der Waals surface area contributed by atoms with Crippen molar-refractivity contribution in [3.8, 4) is 11.5 Å². The molecule has 32 heavy (non-hydrogen) atoms. The Morgan fingerprint density at radius 1 is 1.31 bits per heavy atom. The van der Waals surface area contributed by atoms with Crippen LogP contribution in [0.3, 0.4) is 0 Å². The lowest BCUT2D eigenvalue weighted by atomic mass is 10.2. The predicted octanol–water partition coefficient (Wildman–Crippen LogP) is 4.01. The molecule has 1 saturated heterocycles. The molecule has 0 saturated carbocycles. The highest BCUT2D eigenvalue weighted by molar-refractivity contribution is 8.15. The topological polar surface area (TPSA) is 101 Å². The molecular weight excluding hydrogens is 452 g/mol. The first kappa shape index (κ1) is 23.6. The monoisotopic (exact) mass is 474 g/mol. The first-order valence-electron chi connectivity index (χ1n) is 9.85. The number of aryl methyl sites for hydroxylation is 1. The predicted molar refractivity (Wildman–Crippen MR) is 128 cm³/mol. The van der Waals surface area contributed by atoms with Gasteiger partial charge in [-0.15, -0.1) is 5.10 Å². The average molecular weight is 475 g/mol. The SMILES string of the molecule is CCOc1cc(/C=N\N=C2\NC(=O)[C@@H](CC(=O)Nc3ccc(C)cc3)S2)cc(Cl)c1OC. The number of anilines is 1. The number of carbonyl (C=O) groups excluding carboxylic acids is 2. The van der Waals surface area contributed by atoms with Crippen LogP contribution < -0.4 is 20.1 Å². The fourth-order valence-corrected chi connectivity index (χ4v) is 4.10. The quantitative estimate of drug-likeness (QED) is 0.444.